The van der Waals surface area contributed by atoms with Crippen LogP contribution in [0.1, 0.15) is 77.0 Å². The van der Waals surface area contributed by atoms with Gasteiger partial charge < -0.3 is 61.3 Å². The molecule has 0 fully saturated rings. The third-order valence-corrected chi connectivity index (χ3v) is 10.1. The number of carbonyl (C=O) groups excluding carboxylic acids is 6. The van der Waals surface area contributed by atoms with E-state index in [2.05, 4.69) is 47.9 Å². The summed E-state index contributed by atoms with van der Waals surface area (Å²) in [4.78, 5) is 106. The maximum Gasteiger partial charge on any atom is 0.469 e. The second-order valence-electron chi connectivity index (χ2n) is 15.2. The van der Waals surface area contributed by atoms with Crippen LogP contribution < -0.4 is 27.0 Å². The predicted molar refractivity (Wildman–Crippen MR) is 225 cm³/mol. The fourth-order valence-corrected chi connectivity index (χ4v) is 6.85. The minimum Gasteiger partial charge on any atom is -0.394 e. The van der Waals surface area contributed by atoms with Crippen molar-refractivity contribution in [1.82, 2.24) is 36.1 Å². The number of ether oxygens (including phenoxy) is 2. The van der Waals surface area contributed by atoms with Gasteiger partial charge in [0.1, 0.15) is 24.2 Å². The number of rotatable bonds is 32. The largest absolute Gasteiger partial charge is 0.469 e. The topological polar surface area (TPSA) is 314 Å². The van der Waals surface area contributed by atoms with E-state index in [9.17, 15) is 38.4 Å². The zero-order valence-electron chi connectivity index (χ0n) is 36.0. The fourth-order valence-electron chi connectivity index (χ4n) is 6.29. The number of H-pyrrole nitrogens is 1. The first-order chi connectivity index (χ1) is 29.4. The molecule has 0 aliphatic rings. The number of aliphatic hydroxyl groups excluding tert-OH is 1. The van der Waals surface area contributed by atoms with Crippen molar-refractivity contribution < 1.29 is 62.2 Å². The van der Waals surface area contributed by atoms with Crippen molar-refractivity contribution in [3.05, 3.63) is 54.1 Å². The molecule has 1 aromatic carbocycles. The van der Waals surface area contributed by atoms with Gasteiger partial charge in [-0.3, -0.25) is 33.3 Å². The lowest BCUT2D eigenvalue weighted by Gasteiger charge is -2.28. The Morgan fingerprint density at radius 2 is 1.50 bits per heavy atom. The van der Waals surface area contributed by atoms with Gasteiger partial charge in [-0.2, -0.15) is 0 Å². The van der Waals surface area contributed by atoms with Gasteiger partial charge in [0.2, 0.25) is 35.4 Å². The summed E-state index contributed by atoms with van der Waals surface area (Å²) in [5.41, 5.74) is 6.98. The maximum atomic E-state index is 13.9. The number of methoxy groups -OCH3 is 1. The number of unbranched alkanes of at least 4 members (excludes halogenated alkanes) is 4. The lowest BCUT2D eigenvalue weighted by molar-refractivity contribution is -0.138. The van der Waals surface area contributed by atoms with Crippen molar-refractivity contribution in [1.29, 1.82) is 0 Å². The number of nitrogens with zero attached hydrogens (tertiary/aromatic N) is 2. The van der Waals surface area contributed by atoms with Crippen molar-refractivity contribution in [3.63, 3.8) is 0 Å². The number of aromatic amines is 1. The number of amides is 6. The second kappa shape index (κ2) is 28.8. The average Bonchev–Trinajstić information content (AvgIpc) is 3.72. The Labute approximate surface area is 362 Å². The highest BCUT2D eigenvalue weighted by Gasteiger charge is 2.35. The van der Waals surface area contributed by atoms with Crippen LogP contribution >= 0.6 is 7.82 Å². The third kappa shape index (κ3) is 21.9. The number of nitrogens with one attached hydrogen (secondary N) is 5. The molecule has 1 heterocycles. The number of hydrogen-bond donors (Lipinski definition) is 9. The Bertz CT molecular complexity index is 1710. The second-order valence-corrected chi connectivity index (χ2v) is 16.4. The molecular weight excluding hydrogens is 831 g/mol. The lowest BCUT2D eigenvalue weighted by Crippen LogP contribution is -2.60. The number of imidazole rings is 1. The summed E-state index contributed by atoms with van der Waals surface area (Å²) in [7, 11) is -3.57. The molecule has 6 amide bonds. The van der Waals surface area contributed by atoms with Crippen LogP contribution in [0.3, 0.4) is 0 Å². The molecule has 348 valence electrons. The van der Waals surface area contributed by atoms with Crippen molar-refractivity contribution in [3.8, 4) is 0 Å². The quantitative estimate of drug-likeness (QED) is 0.0345. The predicted octanol–water partition coefficient (Wildman–Crippen LogP) is -0.0122. The number of aromatic nitrogens is 2. The van der Waals surface area contributed by atoms with E-state index in [1.54, 1.807) is 0 Å². The van der Waals surface area contributed by atoms with E-state index >= 15 is 0 Å². The SMILES string of the molecule is COCCOCCC(=O)N(CCCCCCCc1ccccc1)CC(=O)N[C@@H](CC(C)C)C(=O)N[C@@H](Cc1cnc[nH]1)C(=O)N[C@@H](CO)C(=O)N[C@H](C(N)=O)[C@@H](C)OP(=O)(O)O. The zero-order valence-corrected chi connectivity index (χ0v) is 36.8. The Hall–Kier alpha value is -4.76. The molecule has 10 N–H and O–H groups in total. The number of nitrogens with two attached hydrogens (primary N) is 1. The molecule has 2 aromatic rings. The van der Waals surface area contributed by atoms with E-state index in [0.29, 0.717) is 31.9 Å². The van der Waals surface area contributed by atoms with Crippen LogP contribution in [0.4, 0.5) is 0 Å². The summed E-state index contributed by atoms with van der Waals surface area (Å²) < 4.78 is 26.3. The Morgan fingerprint density at radius 3 is 2.11 bits per heavy atom. The summed E-state index contributed by atoms with van der Waals surface area (Å²) in [6.45, 7) is 4.50. The zero-order chi connectivity index (χ0) is 46.1. The lowest BCUT2D eigenvalue weighted by atomic mass is 10.0. The van der Waals surface area contributed by atoms with E-state index in [4.69, 9.17) is 25.0 Å². The summed E-state index contributed by atoms with van der Waals surface area (Å²) in [6, 6.07) is 4.13. The normalized spacial score (nSPS) is 13.9. The molecule has 0 unspecified atom stereocenters. The number of aryl methyl sites for hydroxylation is 1. The maximum absolute atomic E-state index is 13.9. The number of phosphoric acid groups is 1. The molecule has 0 spiro atoms. The highest BCUT2D eigenvalue weighted by atomic mass is 31.2. The van der Waals surface area contributed by atoms with Gasteiger partial charge in [0.15, 0.2) is 0 Å². The first kappa shape index (κ1) is 53.4. The number of phosphoric ester groups is 1. The van der Waals surface area contributed by atoms with Crippen molar-refractivity contribution in [2.24, 2.45) is 11.7 Å². The van der Waals surface area contributed by atoms with Crippen LogP contribution in [0.25, 0.3) is 0 Å². The fraction of sp³-hybridized carbons (Fsp3) is 0.625. The van der Waals surface area contributed by atoms with Crippen LogP contribution in [-0.2, 0) is 60.2 Å². The molecule has 0 radical (unpaired) electrons. The molecule has 0 saturated carbocycles. The summed E-state index contributed by atoms with van der Waals surface area (Å²) in [5, 5.41) is 19.8. The number of carbonyl (C=O) groups is 6. The van der Waals surface area contributed by atoms with Gasteiger partial charge >= 0.3 is 7.82 Å². The monoisotopic (exact) mass is 896 g/mol. The Balaban J connectivity index is 2.16. The molecule has 62 heavy (non-hydrogen) atoms. The van der Waals surface area contributed by atoms with Crippen LogP contribution in [-0.4, -0.2) is 142 Å². The molecule has 0 bridgehead atoms. The number of aliphatic hydroxyl groups is 1. The van der Waals surface area contributed by atoms with Crippen LogP contribution in [0.2, 0.25) is 0 Å². The van der Waals surface area contributed by atoms with Crippen LogP contribution in [0, 0.1) is 5.92 Å². The smallest absolute Gasteiger partial charge is 0.394 e. The molecule has 1 aromatic heterocycles. The first-order valence-corrected chi connectivity index (χ1v) is 22.2. The summed E-state index contributed by atoms with van der Waals surface area (Å²) in [6.07, 6.45) is 6.61. The van der Waals surface area contributed by atoms with E-state index in [-0.39, 0.29) is 44.2 Å². The molecule has 22 heteroatoms. The molecule has 0 aliphatic heterocycles. The van der Waals surface area contributed by atoms with Gasteiger partial charge in [-0.25, -0.2) is 9.55 Å². The highest BCUT2D eigenvalue weighted by molar-refractivity contribution is 7.46. The van der Waals surface area contributed by atoms with Gasteiger partial charge in [0.05, 0.1) is 51.8 Å². The van der Waals surface area contributed by atoms with Gasteiger partial charge in [0, 0.05) is 32.0 Å². The third-order valence-electron chi connectivity index (χ3n) is 9.48. The summed E-state index contributed by atoms with van der Waals surface area (Å²) in [5.74, 6) is -5.12. The van der Waals surface area contributed by atoms with Gasteiger partial charge in [0.25, 0.3) is 0 Å². The van der Waals surface area contributed by atoms with Gasteiger partial charge in [-0.1, -0.05) is 63.4 Å². The number of hydrogen-bond acceptors (Lipinski definition) is 12. The molecular formula is C40H65N8O13P. The van der Waals surface area contributed by atoms with Crippen LogP contribution in [0.5, 0.6) is 0 Å². The first-order valence-electron chi connectivity index (χ1n) is 20.6. The Morgan fingerprint density at radius 1 is 0.855 bits per heavy atom. The molecule has 0 saturated heterocycles. The molecule has 5 atom stereocenters. The van der Waals surface area contributed by atoms with Crippen molar-refractivity contribution in [2.45, 2.75) is 109 Å². The van der Waals surface area contributed by atoms with Gasteiger partial charge in [-0.15, -0.1) is 0 Å². The summed E-state index contributed by atoms with van der Waals surface area (Å²) >= 11 is 0. The Kier molecular flexibility index (Phi) is 24.8. The minimum atomic E-state index is -5.11. The molecule has 0 aliphatic carbocycles. The number of benzene rings is 1. The molecule has 21 nitrogen and oxygen atoms in total. The van der Waals surface area contributed by atoms with E-state index in [1.807, 2.05) is 32.0 Å². The molecule has 2 rings (SSSR count). The van der Waals surface area contributed by atoms with Crippen molar-refractivity contribution >= 4 is 43.3 Å². The van der Waals surface area contributed by atoms with Crippen molar-refractivity contribution in [2.75, 3.05) is 46.6 Å². The highest BCUT2D eigenvalue weighted by Crippen LogP contribution is 2.38. The van der Waals surface area contributed by atoms with E-state index in [1.165, 1.54) is 30.1 Å². The standard InChI is InChI=1S/C40H65N8O13P/c1-27(2)21-31(44-34(50)24-48(35(51)16-18-60-20-19-59-4)17-12-7-5-6-9-13-29-14-10-8-11-15-29)38(53)45-32(22-30-23-42-26-43-30)39(54)46-33(25-49)40(55)47-36(37(41)52)28(3)61-62(56,57)58/h8,10-11,14-15,23,26-28,31-33,36,49H,5-7,9,12-13,16-22,24-25H2,1-4H3,(H2,41,52)(H,42,43)(H,44,50)(H,45,53)(H,46,54)(H,47,55)(H2,56,57,58)/t28-,31+,32+,33+,36+/m1/s1. The minimum absolute atomic E-state index is 0.0324. The van der Waals surface area contributed by atoms with Crippen LogP contribution in [0.15, 0.2) is 42.9 Å². The number of primary amides is 1. The van der Waals surface area contributed by atoms with Gasteiger partial charge in [-0.05, 0) is 44.1 Å². The van der Waals surface area contributed by atoms with E-state index in [0.717, 1.165) is 39.0 Å². The average molecular weight is 897 g/mol. The van der Waals surface area contributed by atoms with E-state index < -0.39 is 74.2 Å².